The molecule has 0 spiro atoms. The van der Waals surface area contributed by atoms with E-state index in [1.54, 1.807) is 38.1 Å². The topological polar surface area (TPSA) is 225 Å². The lowest BCUT2D eigenvalue weighted by atomic mass is 9.92. The number of hydrogen-bond donors (Lipinski definition) is 4. The van der Waals surface area contributed by atoms with Gasteiger partial charge < -0.3 is 40.5 Å². The number of benzene rings is 1. The van der Waals surface area contributed by atoms with Crippen LogP contribution in [0.4, 0.5) is 0 Å². The first-order valence-electron chi connectivity index (χ1n) is 13.8. The minimum Gasteiger partial charge on any atom is -0.463 e. The first-order valence-corrected chi connectivity index (χ1v) is 13.8. The van der Waals surface area contributed by atoms with E-state index in [2.05, 4.69) is 15.0 Å². The molecule has 1 saturated heterocycles. The van der Waals surface area contributed by atoms with E-state index in [1.807, 2.05) is 12.1 Å². The number of nitrogens with zero attached hydrogens (tertiary/aromatic N) is 3. The standard InChI is InChI=1S/C30H38N6O8/c1-17(2)23(33)27(39)43-24-20(14-42-22(37)13-18-9-7-6-8-10-18)44-30(15-31,25(24)38)21-12-11-19(35-21)26(34-16-32)36-28(40)29(3,4)41-5/h6-12,16-17,20,23-25,35,38H,13-14,33H2,1-5H3,(H2,32,34,36,40)/t20-,23+,24-,25-,30+/m1/s1. The second-order valence-corrected chi connectivity index (χ2v) is 11.0. The van der Waals surface area contributed by atoms with Gasteiger partial charge in [0.15, 0.2) is 11.9 Å². The summed E-state index contributed by atoms with van der Waals surface area (Å²) in [5, 5.41) is 21.8. The molecular formula is C30H38N6O8. The zero-order chi connectivity index (χ0) is 32.7. The van der Waals surface area contributed by atoms with E-state index < -0.39 is 60.0 Å². The van der Waals surface area contributed by atoms with Crippen molar-refractivity contribution in [2.75, 3.05) is 13.7 Å². The summed E-state index contributed by atoms with van der Waals surface area (Å²) in [6.07, 6.45) is -3.56. The van der Waals surface area contributed by atoms with E-state index in [0.29, 0.717) is 5.56 Å². The number of carbonyl (C=O) groups is 3. The molecule has 5 atom stereocenters. The number of amides is 1. The number of nitriles is 1. The molecule has 0 aliphatic carbocycles. The first-order chi connectivity index (χ1) is 20.8. The summed E-state index contributed by atoms with van der Waals surface area (Å²) in [6, 6.07) is 12.7. The zero-order valence-electron chi connectivity index (χ0n) is 25.2. The van der Waals surface area contributed by atoms with Gasteiger partial charge in [0.25, 0.3) is 5.91 Å². The third-order valence-electron chi connectivity index (χ3n) is 7.20. The summed E-state index contributed by atoms with van der Waals surface area (Å²) >= 11 is 0. The van der Waals surface area contributed by atoms with Crippen molar-refractivity contribution < 1.29 is 38.4 Å². The smallest absolute Gasteiger partial charge is 0.323 e. The minimum atomic E-state index is -2.13. The number of esters is 2. The van der Waals surface area contributed by atoms with Gasteiger partial charge in [-0.2, -0.15) is 10.3 Å². The Morgan fingerprint density at radius 1 is 1.23 bits per heavy atom. The van der Waals surface area contributed by atoms with Gasteiger partial charge in [-0.1, -0.05) is 44.2 Å². The van der Waals surface area contributed by atoms with Crippen molar-refractivity contribution in [2.24, 2.45) is 27.4 Å². The lowest BCUT2D eigenvalue weighted by Gasteiger charge is -2.25. The zero-order valence-corrected chi connectivity index (χ0v) is 25.2. The number of carbonyl (C=O) groups excluding carboxylic acids is 3. The third-order valence-corrected chi connectivity index (χ3v) is 7.20. The van der Waals surface area contributed by atoms with Gasteiger partial charge >= 0.3 is 11.9 Å². The molecule has 44 heavy (non-hydrogen) atoms. The molecule has 1 aliphatic heterocycles. The highest BCUT2D eigenvalue weighted by Crippen LogP contribution is 2.41. The van der Waals surface area contributed by atoms with Crippen LogP contribution in [-0.4, -0.2) is 83.8 Å². The van der Waals surface area contributed by atoms with E-state index in [4.69, 9.17) is 30.4 Å². The molecular weight excluding hydrogens is 572 g/mol. The summed E-state index contributed by atoms with van der Waals surface area (Å²) in [5.41, 5.74) is 8.94. The molecule has 0 saturated carbocycles. The number of aliphatic imine (C=N–C) groups is 2. The summed E-state index contributed by atoms with van der Waals surface area (Å²) in [7, 11) is 1.36. The van der Waals surface area contributed by atoms with E-state index in [1.165, 1.54) is 33.1 Å². The van der Waals surface area contributed by atoms with Crippen LogP contribution >= 0.6 is 0 Å². The van der Waals surface area contributed by atoms with Crippen LogP contribution in [0.2, 0.25) is 0 Å². The molecule has 1 aliphatic rings. The normalized spacial score (nSPS) is 23.0. The number of methoxy groups -OCH3 is 1. The van der Waals surface area contributed by atoms with Crippen LogP contribution in [0.15, 0.2) is 52.4 Å². The number of aliphatic hydroxyl groups is 1. The fourth-order valence-electron chi connectivity index (χ4n) is 4.22. The van der Waals surface area contributed by atoms with Gasteiger partial charge in [0.05, 0.1) is 24.1 Å². The van der Waals surface area contributed by atoms with Crippen molar-refractivity contribution in [2.45, 2.75) is 69.7 Å². The third kappa shape index (κ3) is 7.56. The summed E-state index contributed by atoms with van der Waals surface area (Å²) in [6.45, 7) is 6.04. The molecule has 0 unspecified atom stereocenters. The van der Waals surface area contributed by atoms with Crippen LogP contribution in [0.1, 0.15) is 44.6 Å². The quantitative estimate of drug-likeness (QED) is 0.158. The molecule has 6 N–H and O–H groups in total. The van der Waals surface area contributed by atoms with E-state index >= 15 is 0 Å². The maximum absolute atomic E-state index is 12.8. The van der Waals surface area contributed by atoms with Crippen LogP contribution in [0, 0.1) is 17.2 Å². The van der Waals surface area contributed by atoms with Gasteiger partial charge in [-0.05, 0) is 37.5 Å². The number of H-pyrrole nitrogens is 1. The predicted octanol–water partition coefficient (Wildman–Crippen LogP) is 0.859. The van der Waals surface area contributed by atoms with Crippen molar-refractivity contribution >= 4 is 30.0 Å². The number of hydrogen-bond acceptors (Lipinski definition) is 10. The van der Waals surface area contributed by atoms with Gasteiger partial charge in [0, 0.05) is 7.11 Å². The van der Waals surface area contributed by atoms with Gasteiger partial charge in [-0.25, -0.2) is 4.99 Å². The van der Waals surface area contributed by atoms with Gasteiger partial charge in [-0.15, -0.1) is 0 Å². The Hall–Kier alpha value is -4.42. The monoisotopic (exact) mass is 610 g/mol. The molecule has 1 aromatic carbocycles. The van der Waals surface area contributed by atoms with Crippen molar-refractivity contribution in [1.29, 1.82) is 5.26 Å². The Morgan fingerprint density at radius 2 is 1.91 bits per heavy atom. The van der Waals surface area contributed by atoms with Crippen LogP contribution in [0.25, 0.3) is 0 Å². The van der Waals surface area contributed by atoms with Crippen molar-refractivity contribution in [3.63, 3.8) is 0 Å². The van der Waals surface area contributed by atoms with Crippen LogP contribution in [0.5, 0.6) is 0 Å². The number of nitrogens with one attached hydrogen (secondary N) is 1. The maximum Gasteiger partial charge on any atom is 0.323 e. The van der Waals surface area contributed by atoms with E-state index in [0.717, 1.165) is 6.34 Å². The van der Waals surface area contributed by atoms with Crippen molar-refractivity contribution in [1.82, 2.24) is 4.98 Å². The van der Waals surface area contributed by atoms with Gasteiger partial charge in [0.1, 0.15) is 36.5 Å². The highest BCUT2D eigenvalue weighted by atomic mass is 16.6. The molecule has 14 nitrogen and oxygen atoms in total. The lowest BCUT2D eigenvalue weighted by Crippen LogP contribution is -2.46. The largest absolute Gasteiger partial charge is 0.463 e. The molecule has 3 rings (SSSR count). The fourth-order valence-corrected chi connectivity index (χ4v) is 4.22. The lowest BCUT2D eigenvalue weighted by molar-refractivity contribution is -0.162. The van der Waals surface area contributed by atoms with E-state index in [9.17, 15) is 24.8 Å². The molecule has 1 fully saturated rings. The summed E-state index contributed by atoms with van der Waals surface area (Å²) < 4.78 is 22.2. The molecule has 14 heteroatoms. The molecule has 236 valence electrons. The highest BCUT2D eigenvalue weighted by molar-refractivity contribution is 6.08. The Bertz CT molecular complexity index is 1430. The Balaban J connectivity index is 1.94. The second-order valence-electron chi connectivity index (χ2n) is 11.0. The number of aliphatic hydroxyl groups excluding tert-OH is 1. The second kappa shape index (κ2) is 14.4. The van der Waals surface area contributed by atoms with Crippen LogP contribution in [-0.2, 0) is 45.4 Å². The predicted molar refractivity (Wildman–Crippen MR) is 158 cm³/mol. The minimum absolute atomic E-state index is 0.0215. The van der Waals surface area contributed by atoms with E-state index in [-0.39, 0.29) is 29.6 Å². The fraction of sp³-hybridized carbons (Fsp3) is 0.467. The number of aromatic amines is 1. The maximum atomic E-state index is 12.8. The van der Waals surface area contributed by atoms with Gasteiger partial charge in [0.2, 0.25) is 5.60 Å². The van der Waals surface area contributed by atoms with Crippen LogP contribution in [0.3, 0.4) is 0 Å². The molecule has 1 amide bonds. The van der Waals surface area contributed by atoms with Crippen molar-refractivity contribution in [3.8, 4) is 6.07 Å². The average Bonchev–Trinajstić information content (AvgIpc) is 3.59. The molecule has 2 aromatic rings. The number of amidine groups is 1. The number of aromatic nitrogens is 1. The summed E-state index contributed by atoms with van der Waals surface area (Å²) in [4.78, 5) is 48.9. The SMILES string of the molecule is COC(C)(C)C(=O)N=C(N=CN)c1ccc([C@]2(C#N)O[C@H](COC(=O)Cc3ccccc3)[C@@H](OC(=O)[C@@H](N)C(C)C)[C@H]2O)[nH]1. The molecule has 1 aromatic heterocycles. The number of ether oxygens (including phenoxy) is 4. The molecule has 2 heterocycles. The highest BCUT2D eigenvalue weighted by Gasteiger charge is 2.59. The molecule has 0 bridgehead atoms. The first kappa shape index (κ1) is 34.1. The molecule has 0 radical (unpaired) electrons. The van der Waals surface area contributed by atoms with Crippen LogP contribution < -0.4 is 11.5 Å². The Labute approximate surface area is 255 Å². The van der Waals surface area contributed by atoms with Crippen molar-refractivity contribution in [3.05, 3.63) is 59.4 Å². The number of rotatable bonds is 11. The average molecular weight is 611 g/mol. The Kier molecular flexibility index (Phi) is 11.1. The summed E-state index contributed by atoms with van der Waals surface area (Å²) in [5.74, 6) is -2.51. The number of nitrogens with two attached hydrogens (primary N) is 2. The van der Waals surface area contributed by atoms with Gasteiger partial charge in [-0.3, -0.25) is 14.4 Å². The Morgan fingerprint density at radius 3 is 2.50 bits per heavy atom.